The number of hydrogen-bond donors (Lipinski definition) is 0. The molecule has 82 valence electrons. The van der Waals surface area contributed by atoms with Crippen molar-refractivity contribution in [3.63, 3.8) is 0 Å². The minimum Gasteiger partial charge on any atom is -0.432 e. The fraction of sp³-hybridized carbons (Fsp3) is 0.111. The summed E-state index contributed by atoms with van der Waals surface area (Å²) >= 11 is 0. The lowest BCUT2D eigenvalue weighted by atomic mass is 10.5. The quantitative estimate of drug-likeness (QED) is 0.578. The minimum absolute atomic E-state index is 0.0815. The van der Waals surface area contributed by atoms with Crippen LogP contribution in [0.2, 0.25) is 0 Å². The van der Waals surface area contributed by atoms with Gasteiger partial charge in [-0.05, 0) is 22.0 Å². The molecule has 0 spiro atoms. The van der Waals surface area contributed by atoms with E-state index >= 15 is 0 Å². The standard InChI is InChI=1S/C9H8N4O3/c1-12-6-11-8(13(14)15)9(12)16-7-3-2-4-10-5-7/h2-6H,1H3. The Hall–Kier alpha value is -2.44. The largest absolute Gasteiger partial charge is 0.432 e. The van der Waals surface area contributed by atoms with Crippen molar-refractivity contribution in [2.75, 3.05) is 0 Å². The summed E-state index contributed by atoms with van der Waals surface area (Å²) in [5, 5.41) is 10.7. The van der Waals surface area contributed by atoms with Crippen LogP contribution in [-0.4, -0.2) is 19.5 Å². The summed E-state index contributed by atoms with van der Waals surface area (Å²) in [5.74, 6) is 0.193. The second kappa shape index (κ2) is 3.97. The first-order chi connectivity index (χ1) is 7.68. The molecule has 0 aromatic carbocycles. The molecule has 0 saturated carbocycles. The predicted molar refractivity (Wildman–Crippen MR) is 54.2 cm³/mol. The van der Waals surface area contributed by atoms with Crippen molar-refractivity contribution in [2.45, 2.75) is 0 Å². The van der Waals surface area contributed by atoms with Crippen LogP contribution in [0.15, 0.2) is 30.9 Å². The van der Waals surface area contributed by atoms with Gasteiger partial charge in [0.25, 0.3) is 0 Å². The molecule has 2 aromatic rings. The molecular weight excluding hydrogens is 212 g/mol. The van der Waals surface area contributed by atoms with Crippen molar-refractivity contribution in [2.24, 2.45) is 7.05 Å². The summed E-state index contributed by atoms with van der Waals surface area (Å²) < 4.78 is 6.77. The highest BCUT2D eigenvalue weighted by Crippen LogP contribution is 2.28. The maximum absolute atomic E-state index is 10.7. The van der Waals surface area contributed by atoms with Crippen LogP contribution in [0.3, 0.4) is 0 Å². The first kappa shape index (κ1) is 10.1. The molecule has 7 nitrogen and oxygen atoms in total. The Kier molecular flexibility index (Phi) is 2.50. The Morgan fingerprint density at radius 3 is 3.00 bits per heavy atom. The smallest absolute Gasteiger partial charge is 0.427 e. The van der Waals surface area contributed by atoms with E-state index in [-0.39, 0.29) is 11.7 Å². The molecule has 0 bridgehead atoms. The highest BCUT2D eigenvalue weighted by atomic mass is 16.6. The zero-order valence-electron chi connectivity index (χ0n) is 8.40. The van der Waals surface area contributed by atoms with E-state index < -0.39 is 4.92 Å². The summed E-state index contributed by atoms with van der Waals surface area (Å²) in [6.45, 7) is 0. The molecule has 0 saturated heterocycles. The Balaban J connectivity index is 2.34. The van der Waals surface area contributed by atoms with Gasteiger partial charge in [-0.2, -0.15) is 0 Å². The van der Waals surface area contributed by atoms with Gasteiger partial charge < -0.3 is 14.9 Å². The maximum Gasteiger partial charge on any atom is 0.427 e. The Bertz CT molecular complexity index is 509. The van der Waals surface area contributed by atoms with Crippen LogP contribution in [0.1, 0.15) is 0 Å². The second-order valence-corrected chi connectivity index (χ2v) is 3.03. The number of aryl methyl sites for hydroxylation is 1. The van der Waals surface area contributed by atoms with E-state index in [1.807, 2.05) is 0 Å². The summed E-state index contributed by atoms with van der Waals surface area (Å²) in [7, 11) is 1.62. The summed E-state index contributed by atoms with van der Waals surface area (Å²) in [6, 6.07) is 3.33. The predicted octanol–water partition coefficient (Wildman–Crippen LogP) is 1.52. The van der Waals surface area contributed by atoms with E-state index in [1.165, 1.54) is 17.1 Å². The zero-order valence-corrected chi connectivity index (χ0v) is 8.40. The molecule has 0 amide bonds. The van der Waals surface area contributed by atoms with Crippen LogP contribution in [-0.2, 0) is 7.05 Å². The molecule has 0 aliphatic heterocycles. The van der Waals surface area contributed by atoms with Gasteiger partial charge in [0.2, 0.25) is 6.33 Å². The topological polar surface area (TPSA) is 83.1 Å². The summed E-state index contributed by atoms with van der Waals surface area (Å²) in [5.41, 5.74) is 0. The zero-order chi connectivity index (χ0) is 11.5. The molecule has 0 radical (unpaired) electrons. The van der Waals surface area contributed by atoms with Crippen molar-refractivity contribution in [3.8, 4) is 11.6 Å². The molecule has 0 atom stereocenters. The normalized spacial score (nSPS) is 10.1. The summed E-state index contributed by atoms with van der Waals surface area (Å²) in [6.07, 6.45) is 4.38. The highest BCUT2D eigenvalue weighted by Gasteiger charge is 2.22. The van der Waals surface area contributed by atoms with Gasteiger partial charge in [0.15, 0.2) is 0 Å². The molecule has 0 aliphatic carbocycles. The van der Waals surface area contributed by atoms with Crippen molar-refractivity contribution in [1.29, 1.82) is 0 Å². The molecule has 2 heterocycles. The molecule has 2 aromatic heterocycles. The third kappa shape index (κ3) is 1.83. The van der Waals surface area contributed by atoms with E-state index in [2.05, 4.69) is 9.97 Å². The number of imidazole rings is 1. The Morgan fingerprint density at radius 1 is 1.56 bits per heavy atom. The average Bonchev–Trinajstić information content (AvgIpc) is 2.62. The van der Waals surface area contributed by atoms with Crippen molar-refractivity contribution >= 4 is 5.82 Å². The lowest BCUT2D eigenvalue weighted by Crippen LogP contribution is -1.96. The van der Waals surface area contributed by atoms with Crippen LogP contribution in [0.4, 0.5) is 5.82 Å². The number of nitro groups is 1. The number of nitrogens with zero attached hydrogens (tertiary/aromatic N) is 4. The van der Waals surface area contributed by atoms with E-state index in [1.54, 1.807) is 25.4 Å². The van der Waals surface area contributed by atoms with Crippen molar-refractivity contribution in [1.82, 2.24) is 14.5 Å². The minimum atomic E-state index is -0.592. The second-order valence-electron chi connectivity index (χ2n) is 3.03. The number of hydrogen-bond acceptors (Lipinski definition) is 5. The van der Waals surface area contributed by atoms with Crippen LogP contribution in [0.5, 0.6) is 11.6 Å². The first-order valence-corrected chi connectivity index (χ1v) is 4.42. The van der Waals surface area contributed by atoms with Gasteiger partial charge in [0.1, 0.15) is 5.75 Å². The summed E-state index contributed by atoms with van der Waals surface area (Å²) in [4.78, 5) is 17.5. The molecule has 0 unspecified atom stereocenters. The van der Waals surface area contributed by atoms with E-state index in [9.17, 15) is 10.1 Å². The van der Waals surface area contributed by atoms with Gasteiger partial charge >= 0.3 is 11.7 Å². The van der Waals surface area contributed by atoms with Crippen LogP contribution < -0.4 is 4.74 Å². The van der Waals surface area contributed by atoms with E-state index in [0.29, 0.717) is 5.75 Å². The number of ether oxygens (including phenoxy) is 1. The molecule has 7 heteroatoms. The van der Waals surface area contributed by atoms with Gasteiger partial charge in [0, 0.05) is 13.2 Å². The van der Waals surface area contributed by atoms with Crippen molar-refractivity contribution < 1.29 is 9.66 Å². The molecule has 2 rings (SSSR count). The van der Waals surface area contributed by atoms with E-state index in [0.717, 1.165) is 0 Å². The van der Waals surface area contributed by atoms with Crippen molar-refractivity contribution in [3.05, 3.63) is 41.0 Å². The maximum atomic E-state index is 10.7. The first-order valence-electron chi connectivity index (χ1n) is 4.42. The van der Waals surface area contributed by atoms with Crippen LogP contribution in [0, 0.1) is 10.1 Å². The molecular formula is C9H8N4O3. The van der Waals surface area contributed by atoms with Crippen LogP contribution in [0.25, 0.3) is 0 Å². The number of rotatable bonds is 3. The monoisotopic (exact) mass is 220 g/mol. The van der Waals surface area contributed by atoms with Crippen LogP contribution >= 0.6 is 0 Å². The molecule has 0 aliphatic rings. The van der Waals surface area contributed by atoms with Gasteiger partial charge in [0.05, 0.1) is 6.20 Å². The molecule has 0 fully saturated rings. The van der Waals surface area contributed by atoms with Gasteiger partial charge in [-0.3, -0.25) is 9.55 Å². The fourth-order valence-corrected chi connectivity index (χ4v) is 1.17. The molecule has 16 heavy (non-hydrogen) atoms. The average molecular weight is 220 g/mol. The lowest BCUT2D eigenvalue weighted by molar-refractivity contribution is -0.390. The van der Waals surface area contributed by atoms with Gasteiger partial charge in [-0.1, -0.05) is 0 Å². The number of aromatic nitrogens is 3. The third-order valence-electron chi connectivity index (χ3n) is 1.89. The Labute approximate surface area is 90.5 Å². The fourth-order valence-electron chi connectivity index (χ4n) is 1.17. The van der Waals surface area contributed by atoms with E-state index in [4.69, 9.17) is 4.74 Å². The number of pyridine rings is 1. The van der Waals surface area contributed by atoms with Gasteiger partial charge in [-0.15, -0.1) is 0 Å². The SMILES string of the molecule is Cn1cnc([N+](=O)[O-])c1Oc1cccnc1. The third-order valence-corrected chi connectivity index (χ3v) is 1.89. The Morgan fingerprint density at radius 2 is 2.38 bits per heavy atom. The lowest BCUT2D eigenvalue weighted by Gasteiger charge is -2.03. The van der Waals surface area contributed by atoms with Gasteiger partial charge in [-0.25, -0.2) is 0 Å². The molecule has 0 N–H and O–H groups in total. The highest BCUT2D eigenvalue weighted by molar-refractivity contribution is 5.37.